The molecule has 3 aromatic rings. The van der Waals surface area contributed by atoms with Crippen LogP contribution in [0.2, 0.25) is 0 Å². The molecule has 9 nitrogen and oxygen atoms in total. The highest BCUT2D eigenvalue weighted by Crippen LogP contribution is 2.44. The van der Waals surface area contributed by atoms with Crippen molar-refractivity contribution in [2.24, 2.45) is 11.7 Å². The number of ether oxygens (including phenoxy) is 4. The number of piperidine rings is 1. The Kier molecular flexibility index (Phi) is 11.1. The number of nitrogens with zero attached hydrogens (tertiary/aromatic N) is 2. The van der Waals surface area contributed by atoms with Crippen molar-refractivity contribution in [3.8, 4) is 22.6 Å². The highest BCUT2D eigenvalue weighted by Gasteiger charge is 2.40. The third-order valence-corrected chi connectivity index (χ3v) is 8.99. The quantitative estimate of drug-likeness (QED) is 0.254. The first kappa shape index (κ1) is 33.6. The Labute approximate surface area is 277 Å². The zero-order chi connectivity index (χ0) is 31.3. The molecule has 0 radical (unpaired) electrons. The second-order valence-electron chi connectivity index (χ2n) is 12.3. The summed E-state index contributed by atoms with van der Waals surface area (Å²) in [5, 5.41) is 0. The standard InChI is InChI=1S/C36H43N3O6.ClH/c1-42-14-7-15-44-29-17-24(16-28(19-29)43-2)20-39(27-12-13-27)35(40)25-18-26(37)22-38(21-25)36(41)45-23-34-32-10-5-3-8-30(32)31-9-4-6-11-33(31)34;/h3-6,8-11,16-17,19,25-27,34H,7,12-15,18,20-23,37H2,1-2H3;1H. The molecule has 2 N–H and O–H groups in total. The summed E-state index contributed by atoms with van der Waals surface area (Å²) in [4.78, 5) is 31.0. The van der Waals surface area contributed by atoms with Crippen LogP contribution < -0.4 is 15.2 Å². The van der Waals surface area contributed by atoms with Crippen LogP contribution in [0.1, 0.15) is 48.3 Å². The molecule has 2 atom stereocenters. The highest BCUT2D eigenvalue weighted by molar-refractivity contribution is 5.85. The van der Waals surface area contributed by atoms with Gasteiger partial charge in [-0.3, -0.25) is 4.79 Å². The van der Waals surface area contributed by atoms with Gasteiger partial charge in [0.1, 0.15) is 18.1 Å². The Morgan fingerprint density at radius 2 is 1.59 bits per heavy atom. The van der Waals surface area contributed by atoms with Crippen LogP contribution in [0.15, 0.2) is 66.7 Å². The van der Waals surface area contributed by atoms with Crippen LogP contribution >= 0.6 is 12.4 Å². The van der Waals surface area contributed by atoms with E-state index in [-0.39, 0.29) is 42.9 Å². The summed E-state index contributed by atoms with van der Waals surface area (Å²) in [6, 6.07) is 22.2. The first-order valence-corrected chi connectivity index (χ1v) is 15.9. The Bertz CT molecular complexity index is 1470. The molecule has 2 fully saturated rings. The SMILES string of the molecule is COCCCOc1cc(CN(C(=O)C2CC(N)CN(C(=O)OCC3c4ccccc4-c4ccccc43)C2)C2CC2)cc(OC)c1.Cl. The molecule has 246 valence electrons. The molecule has 0 aromatic heterocycles. The number of amides is 2. The zero-order valence-electron chi connectivity index (χ0n) is 26.6. The number of benzene rings is 3. The van der Waals surface area contributed by atoms with E-state index < -0.39 is 12.0 Å². The molecule has 46 heavy (non-hydrogen) atoms. The third kappa shape index (κ3) is 7.60. The van der Waals surface area contributed by atoms with Gasteiger partial charge >= 0.3 is 6.09 Å². The molecule has 3 aromatic carbocycles. The van der Waals surface area contributed by atoms with E-state index in [1.807, 2.05) is 47.4 Å². The summed E-state index contributed by atoms with van der Waals surface area (Å²) in [5.41, 5.74) is 12.1. The van der Waals surface area contributed by atoms with E-state index in [9.17, 15) is 9.59 Å². The molecule has 1 saturated heterocycles. The number of rotatable bonds is 12. The van der Waals surface area contributed by atoms with Crippen molar-refractivity contribution < 1.29 is 28.5 Å². The van der Waals surface area contributed by atoms with Gasteiger partial charge in [-0.2, -0.15) is 0 Å². The van der Waals surface area contributed by atoms with E-state index in [1.165, 1.54) is 11.1 Å². The highest BCUT2D eigenvalue weighted by atomic mass is 35.5. The van der Waals surface area contributed by atoms with Gasteiger partial charge < -0.3 is 34.5 Å². The molecule has 6 rings (SSSR count). The number of hydrogen-bond donors (Lipinski definition) is 1. The minimum absolute atomic E-state index is 0. The second kappa shape index (κ2) is 15.2. The number of hydrogen-bond acceptors (Lipinski definition) is 7. The van der Waals surface area contributed by atoms with Gasteiger partial charge in [0, 0.05) is 63.8 Å². The molecule has 1 aliphatic heterocycles. The van der Waals surface area contributed by atoms with E-state index in [0.717, 1.165) is 36.0 Å². The molecule has 0 bridgehead atoms. The summed E-state index contributed by atoms with van der Waals surface area (Å²) in [7, 11) is 3.29. The lowest BCUT2D eigenvalue weighted by Gasteiger charge is -2.37. The molecule has 3 aliphatic rings. The van der Waals surface area contributed by atoms with Crippen LogP contribution in [0.5, 0.6) is 11.5 Å². The van der Waals surface area contributed by atoms with Crippen molar-refractivity contribution in [2.75, 3.05) is 47.1 Å². The van der Waals surface area contributed by atoms with Gasteiger partial charge in [-0.05, 0) is 59.2 Å². The van der Waals surface area contributed by atoms with Gasteiger partial charge in [0.15, 0.2) is 0 Å². The molecule has 1 saturated carbocycles. The number of methoxy groups -OCH3 is 2. The van der Waals surface area contributed by atoms with E-state index >= 15 is 0 Å². The first-order chi connectivity index (χ1) is 21.9. The molecule has 0 spiro atoms. The van der Waals surface area contributed by atoms with Gasteiger partial charge in [-0.1, -0.05) is 48.5 Å². The topological polar surface area (TPSA) is 104 Å². The van der Waals surface area contributed by atoms with Crippen LogP contribution in [0.3, 0.4) is 0 Å². The van der Waals surface area contributed by atoms with E-state index in [0.29, 0.717) is 50.8 Å². The number of carbonyl (C=O) groups is 2. The number of fused-ring (bicyclic) bond motifs is 3. The molecule has 2 unspecified atom stereocenters. The third-order valence-electron chi connectivity index (χ3n) is 8.99. The lowest BCUT2D eigenvalue weighted by molar-refractivity contribution is -0.138. The Morgan fingerprint density at radius 1 is 0.913 bits per heavy atom. The van der Waals surface area contributed by atoms with Crippen molar-refractivity contribution in [2.45, 2.75) is 50.2 Å². The van der Waals surface area contributed by atoms with Crippen LogP contribution in [-0.2, 0) is 20.8 Å². The van der Waals surface area contributed by atoms with Gasteiger partial charge in [0.25, 0.3) is 0 Å². The van der Waals surface area contributed by atoms with Gasteiger partial charge in [0.05, 0.1) is 19.6 Å². The van der Waals surface area contributed by atoms with Gasteiger partial charge in [0.2, 0.25) is 5.91 Å². The lowest BCUT2D eigenvalue weighted by atomic mass is 9.93. The fourth-order valence-electron chi connectivity index (χ4n) is 6.67. The van der Waals surface area contributed by atoms with Gasteiger partial charge in [-0.25, -0.2) is 4.79 Å². The second-order valence-corrected chi connectivity index (χ2v) is 12.3. The van der Waals surface area contributed by atoms with Crippen molar-refractivity contribution >= 4 is 24.4 Å². The molecule has 10 heteroatoms. The minimum Gasteiger partial charge on any atom is -0.497 e. The number of carbonyl (C=O) groups excluding carboxylic acids is 2. The summed E-state index contributed by atoms with van der Waals surface area (Å²) in [5.74, 6) is 0.974. The van der Waals surface area contributed by atoms with Crippen molar-refractivity contribution in [3.63, 3.8) is 0 Å². The largest absolute Gasteiger partial charge is 0.497 e. The molecular formula is C36H44ClN3O6. The normalized spacial score (nSPS) is 18.6. The predicted octanol–water partition coefficient (Wildman–Crippen LogP) is 5.62. The smallest absolute Gasteiger partial charge is 0.409 e. The maximum atomic E-state index is 14.0. The first-order valence-electron chi connectivity index (χ1n) is 15.9. The van der Waals surface area contributed by atoms with Crippen molar-refractivity contribution in [3.05, 3.63) is 83.4 Å². The molecule has 2 aliphatic carbocycles. The van der Waals surface area contributed by atoms with E-state index in [1.54, 1.807) is 19.1 Å². The number of halogens is 1. The predicted molar refractivity (Wildman–Crippen MR) is 179 cm³/mol. The molecular weight excluding hydrogens is 606 g/mol. The van der Waals surface area contributed by atoms with Crippen LogP contribution in [-0.4, -0.2) is 81.0 Å². The van der Waals surface area contributed by atoms with Crippen LogP contribution in [0, 0.1) is 5.92 Å². The Hall–Kier alpha value is -3.79. The summed E-state index contributed by atoms with van der Waals surface area (Å²) in [6.45, 7) is 2.47. The van der Waals surface area contributed by atoms with E-state index in [4.69, 9.17) is 24.7 Å². The summed E-state index contributed by atoms with van der Waals surface area (Å²) >= 11 is 0. The lowest BCUT2D eigenvalue weighted by Crippen LogP contribution is -2.54. The molecule has 2 amide bonds. The maximum absolute atomic E-state index is 14.0. The summed E-state index contributed by atoms with van der Waals surface area (Å²) in [6.07, 6.45) is 2.81. The van der Waals surface area contributed by atoms with Crippen LogP contribution in [0.4, 0.5) is 4.79 Å². The maximum Gasteiger partial charge on any atom is 0.409 e. The average Bonchev–Trinajstić information content (AvgIpc) is 3.86. The monoisotopic (exact) mass is 649 g/mol. The Morgan fingerprint density at radius 3 is 2.24 bits per heavy atom. The zero-order valence-corrected chi connectivity index (χ0v) is 27.4. The fourth-order valence-corrected chi connectivity index (χ4v) is 6.67. The van der Waals surface area contributed by atoms with Crippen LogP contribution in [0.25, 0.3) is 11.1 Å². The van der Waals surface area contributed by atoms with E-state index in [2.05, 4.69) is 24.3 Å². The van der Waals surface area contributed by atoms with Crippen molar-refractivity contribution in [1.82, 2.24) is 9.80 Å². The van der Waals surface area contributed by atoms with Crippen molar-refractivity contribution in [1.29, 1.82) is 0 Å². The average molecular weight is 650 g/mol. The summed E-state index contributed by atoms with van der Waals surface area (Å²) < 4.78 is 22.5. The molecule has 1 heterocycles. The number of likely N-dealkylation sites (tertiary alicyclic amines) is 1. The Balaban J connectivity index is 0.00000417. The minimum atomic E-state index is -0.425. The fraction of sp³-hybridized carbons (Fsp3) is 0.444. The van der Waals surface area contributed by atoms with Gasteiger partial charge in [-0.15, -0.1) is 12.4 Å². The number of nitrogens with two attached hydrogens (primary N) is 1.